The van der Waals surface area contributed by atoms with Crippen molar-refractivity contribution < 1.29 is 14.6 Å². The van der Waals surface area contributed by atoms with Gasteiger partial charge in [0.15, 0.2) is 5.65 Å². The van der Waals surface area contributed by atoms with E-state index in [0.717, 1.165) is 4.52 Å². The smallest absolute Gasteiger partial charge is 0.449 e. The Morgan fingerprint density at radius 2 is 2.26 bits per heavy atom. The quantitative estimate of drug-likeness (QED) is 0.420. The SMILES string of the molecule is Nc1ccc2[nH]c(=O)n3nc(OC(=O)O)nc3c2c1. The fourth-order valence-corrected chi connectivity index (χ4v) is 1.75. The first-order valence-corrected chi connectivity index (χ1v) is 5.13. The molecule has 0 fully saturated rings. The Kier molecular flexibility index (Phi) is 2.14. The van der Waals surface area contributed by atoms with Gasteiger partial charge in [-0.3, -0.25) is 0 Å². The molecule has 3 rings (SSSR count). The van der Waals surface area contributed by atoms with Crippen LogP contribution in [0.5, 0.6) is 6.01 Å². The topological polar surface area (TPSA) is 136 Å². The molecule has 0 aliphatic rings. The highest BCUT2D eigenvalue weighted by molar-refractivity contribution is 5.93. The molecule has 9 heteroatoms. The molecule has 19 heavy (non-hydrogen) atoms. The number of aromatic nitrogens is 4. The van der Waals surface area contributed by atoms with Crippen LogP contribution in [0.2, 0.25) is 0 Å². The third-order valence-electron chi connectivity index (χ3n) is 2.48. The highest BCUT2D eigenvalue weighted by Crippen LogP contribution is 2.19. The molecule has 3 aromatic rings. The maximum Gasteiger partial charge on any atom is 0.513 e. The number of fused-ring (bicyclic) bond motifs is 3. The average molecular weight is 261 g/mol. The summed E-state index contributed by atoms with van der Waals surface area (Å²) in [5.41, 5.74) is 6.27. The number of nitrogens with two attached hydrogens (primary N) is 1. The van der Waals surface area contributed by atoms with Crippen LogP contribution in [-0.2, 0) is 0 Å². The monoisotopic (exact) mass is 261 g/mol. The molecule has 0 saturated carbocycles. The number of carboxylic acid groups (broad SMARTS) is 1. The van der Waals surface area contributed by atoms with Crippen LogP contribution in [0.1, 0.15) is 0 Å². The van der Waals surface area contributed by atoms with Crippen LogP contribution in [0.4, 0.5) is 10.5 Å². The summed E-state index contributed by atoms with van der Waals surface area (Å²) in [6, 6.07) is 4.42. The van der Waals surface area contributed by atoms with Crippen molar-refractivity contribution in [1.82, 2.24) is 19.6 Å². The summed E-state index contributed by atoms with van der Waals surface area (Å²) < 4.78 is 5.24. The van der Waals surface area contributed by atoms with Crippen LogP contribution in [0.25, 0.3) is 16.6 Å². The fraction of sp³-hybridized carbons (Fsp3) is 0. The number of nitrogens with one attached hydrogen (secondary N) is 1. The molecule has 0 unspecified atom stereocenters. The molecular weight excluding hydrogens is 254 g/mol. The van der Waals surface area contributed by atoms with Crippen molar-refractivity contribution in [3.63, 3.8) is 0 Å². The van der Waals surface area contributed by atoms with Gasteiger partial charge in [-0.1, -0.05) is 0 Å². The predicted octanol–water partition coefficient (Wildman–Crippen LogP) is 0.210. The van der Waals surface area contributed by atoms with E-state index in [2.05, 4.69) is 19.8 Å². The van der Waals surface area contributed by atoms with Crippen molar-refractivity contribution >= 4 is 28.4 Å². The van der Waals surface area contributed by atoms with Crippen molar-refractivity contribution in [3.8, 4) is 6.01 Å². The van der Waals surface area contributed by atoms with Gasteiger partial charge in [-0.25, -0.2) is 9.59 Å². The van der Waals surface area contributed by atoms with Crippen molar-refractivity contribution in [2.24, 2.45) is 0 Å². The third kappa shape index (κ3) is 1.73. The number of H-pyrrole nitrogens is 1. The summed E-state index contributed by atoms with van der Waals surface area (Å²) in [5.74, 6) is 0. The Labute approximate surface area is 104 Å². The minimum Gasteiger partial charge on any atom is -0.449 e. The normalized spacial score (nSPS) is 10.9. The molecule has 4 N–H and O–H groups in total. The standard InChI is InChI=1S/C10H7N5O4/c11-4-1-2-6-5(3-4)7-13-8(19-10(17)18)14-15(7)9(16)12-6/h1-3H,11H2,(H,12,16)(H,17,18). The zero-order valence-electron chi connectivity index (χ0n) is 9.32. The van der Waals surface area contributed by atoms with Gasteiger partial charge in [0.05, 0.1) is 5.52 Å². The number of nitrogen functional groups attached to an aromatic ring is 1. The van der Waals surface area contributed by atoms with E-state index in [0.29, 0.717) is 16.6 Å². The lowest BCUT2D eigenvalue weighted by Crippen LogP contribution is -2.17. The zero-order chi connectivity index (χ0) is 13.6. The minimum atomic E-state index is -1.56. The minimum absolute atomic E-state index is 0.169. The first-order chi connectivity index (χ1) is 9.04. The molecule has 2 heterocycles. The number of ether oxygens (including phenoxy) is 1. The van der Waals surface area contributed by atoms with E-state index in [1.807, 2.05) is 0 Å². The molecule has 9 nitrogen and oxygen atoms in total. The molecule has 0 radical (unpaired) electrons. The Morgan fingerprint density at radius 3 is 3.00 bits per heavy atom. The van der Waals surface area contributed by atoms with Gasteiger partial charge in [0, 0.05) is 11.1 Å². The highest BCUT2D eigenvalue weighted by atomic mass is 16.7. The fourth-order valence-electron chi connectivity index (χ4n) is 1.75. The maximum absolute atomic E-state index is 11.7. The van der Waals surface area contributed by atoms with Gasteiger partial charge >= 0.3 is 17.9 Å². The van der Waals surface area contributed by atoms with Crippen molar-refractivity contribution in [1.29, 1.82) is 0 Å². The number of anilines is 1. The first kappa shape index (κ1) is 11.0. The van der Waals surface area contributed by atoms with Gasteiger partial charge in [-0.2, -0.15) is 9.50 Å². The zero-order valence-corrected chi connectivity index (χ0v) is 9.32. The van der Waals surface area contributed by atoms with Crippen molar-refractivity contribution in [2.45, 2.75) is 0 Å². The van der Waals surface area contributed by atoms with Crippen LogP contribution in [0.15, 0.2) is 23.0 Å². The van der Waals surface area contributed by atoms with E-state index >= 15 is 0 Å². The lowest BCUT2D eigenvalue weighted by Gasteiger charge is -1.99. The maximum atomic E-state index is 11.7. The van der Waals surface area contributed by atoms with Crippen molar-refractivity contribution in [2.75, 3.05) is 5.73 Å². The molecule has 0 saturated heterocycles. The van der Waals surface area contributed by atoms with Crippen LogP contribution >= 0.6 is 0 Å². The third-order valence-corrected chi connectivity index (χ3v) is 2.48. The van der Waals surface area contributed by atoms with Gasteiger partial charge in [0.2, 0.25) is 0 Å². The van der Waals surface area contributed by atoms with E-state index in [-0.39, 0.29) is 5.65 Å². The first-order valence-electron chi connectivity index (χ1n) is 5.13. The molecule has 0 spiro atoms. The van der Waals surface area contributed by atoms with E-state index in [4.69, 9.17) is 10.8 Å². The molecule has 1 aromatic carbocycles. The molecular formula is C10H7N5O4. The number of hydrogen-bond donors (Lipinski definition) is 3. The molecule has 0 aliphatic carbocycles. The number of carbonyl (C=O) groups is 1. The second-order valence-electron chi connectivity index (χ2n) is 3.73. The highest BCUT2D eigenvalue weighted by Gasteiger charge is 2.13. The Morgan fingerprint density at radius 1 is 1.47 bits per heavy atom. The molecule has 0 bridgehead atoms. The van der Waals surface area contributed by atoms with E-state index in [1.54, 1.807) is 18.2 Å². The average Bonchev–Trinajstić information content (AvgIpc) is 2.74. The number of benzene rings is 1. The largest absolute Gasteiger partial charge is 0.513 e. The van der Waals surface area contributed by atoms with Gasteiger partial charge in [0.1, 0.15) is 0 Å². The molecule has 2 aromatic heterocycles. The Bertz CT molecular complexity index is 865. The lowest BCUT2D eigenvalue weighted by atomic mass is 10.2. The van der Waals surface area contributed by atoms with E-state index in [1.165, 1.54) is 0 Å². The van der Waals surface area contributed by atoms with Crippen LogP contribution < -0.4 is 16.2 Å². The number of aromatic amines is 1. The van der Waals surface area contributed by atoms with Crippen molar-refractivity contribution in [3.05, 3.63) is 28.7 Å². The predicted molar refractivity (Wildman–Crippen MR) is 64.2 cm³/mol. The van der Waals surface area contributed by atoms with Gasteiger partial charge in [-0.05, 0) is 18.2 Å². The summed E-state index contributed by atoms with van der Waals surface area (Å²) in [4.78, 5) is 28.6. The molecule has 0 aliphatic heterocycles. The summed E-state index contributed by atoms with van der Waals surface area (Å²) in [7, 11) is 0. The van der Waals surface area contributed by atoms with Crippen LogP contribution in [0.3, 0.4) is 0 Å². The summed E-state index contributed by atoms with van der Waals surface area (Å²) in [5, 5.41) is 12.7. The summed E-state index contributed by atoms with van der Waals surface area (Å²) in [6.45, 7) is 0. The summed E-state index contributed by atoms with van der Waals surface area (Å²) >= 11 is 0. The summed E-state index contributed by atoms with van der Waals surface area (Å²) in [6.07, 6.45) is -1.56. The van der Waals surface area contributed by atoms with Crippen LogP contribution in [-0.4, -0.2) is 30.8 Å². The van der Waals surface area contributed by atoms with E-state index < -0.39 is 17.9 Å². The number of rotatable bonds is 1. The van der Waals surface area contributed by atoms with E-state index in [9.17, 15) is 9.59 Å². The Hall–Kier alpha value is -3.10. The number of hydrogen-bond acceptors (Lipinski definition) is 6. The number of nitrogens with zero attached hydrogens (tertiary/aromatic N) is 3. The second-order valence-corrected chi connectivity index (χ2v) is 3.73. The molecule has 96 valence electrons. The molecule has 0 amide bonds. The van der Waals surface area contributed by atoms with Crippen LogP contribution in [0, 0.1) is 0 Å². The lowest BCUT2D eigenvalue weighted by molar-refractivity contribution is 0.140. The van der Waals surface area contributed by atoms with Gasteiger partial charge in [-0.15, -0.1) is 5.10 Å². The van der Waals surface area contributed by atoms with Gasteiger partial charge < -0.3 is 20.6 Å². The Balaban J connectivity index is 2.38. The second kappa shape index (κ2) is 3.70. The molecule has 0 atom stereocenters. The van der Waals surface area contributed by atoms with Gasteiger partial charge in [0.25, 0.3) is 0 Å².